The fraction of sp³-hybridized carbons (Fsp3) is 0.562. The molecule has 1 atom stereocenters. The third-order valence-corrected chi connectivity index (χ3v) is 5.03. The fourth-order valence-electron chi connectivity index (χ4n) is 3.16. The lowest BCUT2D eigenvalue weighted by atomic mass is 9.94. The lowest BCUT2D eigenvalue weighted by Crippen LogP contribution is -2.44. The average molecular weight is 381 g/mol. The van der Waals surface area contributed by atoms with E-state index in [1.807, 2.05) is 11.0 Å². The molecule has 1 aromatic rings. The number of pyridine rings is 1. The summed E-state index contributed by atoms with van der Waals surface area (Å²) in [5, 5.41) is 6.08. The molecule has 2 saturated heterocycles. The predicted octanol–water partition coefficient (Wildman–Crippen LogP) is 1.63. The van der Waals surface area contributed by atoms with Crippen LogP contribution in [0, 0.1) is 11.8 Å². The van der Waals surface area contributed by atoms with Gasteiger partial charge in [-0.05, 0) is 53.9 Å². The topological polar surface area (TPSA) is 74.3 Å². The Morgan fingerprint density at radius 3 is 2.61 bits per heavy atom. The first-order valence-electron chi connectivity index (χ1n) is 8.05. The third-order valence-electron chi connectivity index (χ3n) is 4.57. The molecule has 0 saturated carbocycles. The molecule has 1 unspecified atom stereocenters. The molecule has 23 heavy (non-hydrogen) atoms. The Morgan fingerprint density at radius 1 is 1.22 bits per heavy atom. The Morgan fingerprint density at radius 2 is 2.00 bits per heavy atom. The van der Waals surface area contributed by atoms with Crippen LogP contribution in [0.25, 0.3) is 0 Å². The Balaban J connectivity index is 1.49. The van der Waals surface area contributed by atoms with Gasteiger partial charge in [0.25, 0.3) is 0 Å². The summed E-state index contributed by atoms with van der Waals surface area (Å²) in [4.78, 5) is 30.8. The second-order valence-electron chi connectivity index (χ2n) is 6.14. The maximum atomic E-state index is 12.4. The van der Waals surface area contributed by atoms with Crippen molar-refractivity contribution in [2.24, 2.45) is 11.8 Å². The zero-order chi connectivity index (χ0) is 16.2. The van der Waals surface area contributed by atoms with Crippen molar-refractivity contribution in [3.8, 4) is 0 Å². The second kappa shape index (κ2) is 7.40. The Bertz CT molecular complexity index is 564. The van der Waals surface area contributed by atoms with Gasteiger partial charge in [-0.25, -0.2) is 4.98 Å². The molecule has 124 valence electrons. The number of piperidine rings is 1. The summed E-state index contributed by atoms with van der Waals surface area (Å²) in [6.07, 6.45) is 4.02. The minimum Gasteiger partial charge on any atom is -0.342 e. The molecule has 2 fully saturated rings. The first kappa shape index (κ1) is 16.4. The number of aromatic nitrogens is 1. The number of carbonyl (C=O) groups is 2. The molecule has 2 aliphatic heterocycles. The molecule has 2 amide bonds. The van der Waals surface area contributed by atoms with Crippen molar-refractivity contribution in [1.82, 2.24) is 15.2 Å². The van der Waals surface area contributed by atoms with Gasteiger partial charge in [0, 0.05) is 36.2 Å². The number of rotatable bonds is 3. The summed E-state index contributed by atoms with van der Waals surface area (Å²) in [5.74, 6) is 0.866. The quantitative estimate of drug-likeness (QED) is 0.835. The predicted molar refractivity (Wildman–Crippen MR) is 90.8 cm³/mol. The van der Waals surface area contributed by atoms with Gasteiger partial charge in [0.2, 0.25) is 11.8 Å². The van der Waals surface area contributed by atoms with E-state index in [4.69, 9.17) is 0 Å². The number of hydrogen-bond donors (Lipinski definition) is 2. The lowest BCUT2D eigenvalue weighted by molar-refractivity contribution is -0.137. The normalized spacial score (nSPS) is 22.1. The van der Waals surface area contributed by atoms with Crippen molar-refractivity contribution in [3.05, 3.63) is 22.8 Å². The fourth-order valence-corrected chi connectivity index (χ4v) is 3.40. The molecule has 2 N–H and O–H groups in total. The zero-order valence-corrected chi connectivity index (χ0v) is 14.5. The van der Waals surface area contributed by atoms with Crippen LogP contribution in [0.1, 0.15) is 19.3 Å². The summed E-state index contributed by atoms with van der Waals surface area (Å²) >= 11 is 3.32. The molecule has 0 aliphatic carbocycles. The van der Waals surface area contributed by atoms with Gasteiger partial charge in [-0.1, -0.05) is 0 Å². The molecule has 2 aliphatic rings. The molecule has 7 heteroatoms. The van der Waals surface area contributed by atoms with Crippen molar-refractivity contribution in [1.29, 1.82) is 0 Å². The van der Waals surface area contributed by atoms with Crippen LogP contribution in [-0.4, -0.2) is 47.9 Å². The monoisotopic (exact) mass is 380 g/mol. The summed E-state index contributed by atoms with van der Waals surface area (Å²) in [6.45, 7) is 3.05. The van der Waals surface area contributed by atoms with Gasteiger partial charge in [0.05, 0.1) is 5.92 Å². The smallest absolute Gasteiger partial charge is 0.228 e. The van der Waals surface area contributed by atoms with E-state index in [-0.39, 0.29) is 23.7 Å². The number of likely N-dealkylation sites (tertiary alicyclic amines) is 1. The van der Waals surface area contributed by atoms with Crippen molar-refractivity contribution >= 4 is 33.6 Å². The van der Waals surface area contributed by atoms with E-state index in [1.165, 1.54) is 0 Å². The number of nitrogens with one attached hydrogen (secondary N) is 2. The van der Waals surface area contributed by atoms with Crippen molar-refractivity contribution in [2.75, 3.05) is 31.5 Å². The number of amides is 2. The standard InChI is InChI=1S/C16H21BrN4O2/c17-13-1-2-14(19-10-13)20-15(22)11-4-7-21(8-5-11)16(23)12-3-6-18-9-12/h1-2,10-12,18H,3-9H2,(H,19,20,22). The van der Waals surface area contributed by atoms with Gasteiger partial charge in [-0.15, -0.1) is 0 Å². The SMILES string of the molecule is O=C(Nc1ccc(Br)cn1)C1CCN(C(=O)C2CCNC2)CC1. The summed E-state index contributed by atoms with van der Waals surface area (Å²) < 4.78 is 0.878. The number of carbonyl (C=O) groups excluding carboxylic acids is 2. The summed E-state index contributed by atoms with van der Waals surface area (Å²) in [6, 6.07) is 3.62. The lowest BCUT2D eigenvalue weighted by Gasteiger charge is -2.32. The van der Waals surface area contributed by atoms with E-state index in [0.717, 1.165) is 24.0 Å². The number of anilines is 1. The first-order valence-corrected chi connectivity index (χ1v) is 8.84. The van der Waals surface area contributed by atoms with Crippen LogP contribution in [0.15, 0.2) is 22.8 Å². The van der Waals surface area contributed by atoms with Crippen molar-refractivity contribution < 1.29 is 9.59 Å². The highest BCUT2D eigenvalue weighted by Crippen LogP contribution is 2.22. The van der Waals surface area contributed by atoms with Crippen LogP contribution in [0.3, 0.4) is 0 Å². The van der Waals surface area contributed by atoms with Crippen LogP contribution < -0.4 is 10.6 Å². The van der Waals surface area contributed by atoms with E-state index in [9.17, 15) is 9.59 Å². The minimum atomic E-state index is -0.0498. The maximum absolute atomic E-state index is 12.4. The molecule has 1 aromatic heterocycles. The number of halogens is 1. The molecule has 0 aromatic carbocycles. The van der Waals surface area contributed by atoms with E-state index in [2.05, 4.69) is 31.5 Å². The highest BCUT2D eigenvalue weighted by Gasteiger charge is 2.32. The Labute approximate surface area is 144 Å². The van der Waals surface area contributed by atoms with E-state index in [1.54, 1.807) is 12.3 Å². The van der Waals surface area contributed by atoms with Crippen LogP contribution in [0.4, 0.5) is 5.82 Å². The van der Waals surface area contributed by atoms with Gasteiger partial charge < -0.3 is 15.5 Å². The van der Waals surface area contributed by atoms with Gasteiger partial charge >= 0.3 is 0 Å². The first-order chi connectivity index (χ1) is 11.1. The molecular formula is C16H21BrN4O2. The zero-order valence-electron chi connectivity index (χ0n) is 12.9. The third kappa shape index (κ3) is 4.09. The van der Waals surface area contributed by atoms with E-state index < -0.39 is 0 Å². The van der Waals surface area contributed by atoms with Crippen LogP contribution >= 0.6 is 15.9 Å². The van der Waals surface area contributed by atoms with Crippen LogP contribution in [-0.2, 0) is 9.59 Å². The second-order valence-corrected chi connectivity index (χ2v) is 7.06. The van der Waals surface area contributed by atoms with Gasteiger partial charge in [-0.3, -0.25) is 9.59 Å². The van der Waals surface area contributed by atoms with Crippen LogP contribution in [0.5, 0.6) is 0 Å². The van der Waals surface area contributed by atoms with Gasteiger partial charge in [0.15, 0.2) is 0 Å². The Kier molecular flexibility index (Phi) is 5.27. The number of nitrogens with zero attached hydrogens (tertiary/aromatic N) is 2. The molecule has 0 bridgehead atoms. The molecule has 0 spiro atoms. The largest absolute Gasteiger partial charge is 0.342 e. The summed E-state index contributed by atoms with van der Waals surface area (Å²) in [5.41, 5.74) is 0. The summed E-state index contributed by atoms with van der Waals surface area (Å²) in [7, 11) is 0. The Hall–Kier alpha value is -1.47. The highest BCUT2D eigenvalue weighted by molar-refractivity contribution is 9.10. The van der Waals surface area contributed by atoms with Crippen molar-refractivity contribution in [3.63, 3.8) is 0 Å². The number of hydrogen-bond acceptors (Lipinski definition) is 4. The van der Waals surface area contributed by atoms with Gasteiger partial charge in [-0.2, -0.15) is 0 Å². The molecule has 3 rings (SSSR count). The molecule has 3 heterocycles. The minimum absolute atomic E-state index is 0.00513. The molecule has 0 radical (unpaired) electrons. The molecular weight excluding hydrogens is 360 g/mol. The molecule has 6 nitrogen and oxygen atoms in total. The van der Waals surface area contributed by atoms with E-state index >= 15 is 0 Å². The van der Waals surface area contributed by atoms with Gasteiger partial charge in [0.1, 0.15) is 5.82 Å². The van der Waals surface area contributed by atoms with Crippen LogP contribution in [0.2, 0.25) is 0 Å². The van der Waals surface area contributed by atoms with E-state index in [0.29, 0.717) is 31.7 Å². The van der Waals surface area contributed by atoms with Crippen molar-refractivity contribution in [2.45, 2.75) is 19.3 Å². The highest BCUT2D eigenvalue weighted by atomic mass is 79.9. The average Bonchev–Trinajstić information content (AvgIpc) is 3.11. The maximum Gasteiger partial charge on any atom is 0.228 e.